The third-order valence-corrected chi connectivity index (χ3v) is 7.82. The first-order valence-corrected chi connectivity index (χ1v) is 10.0. The first kappa shape index (κ1) is 15.1. The lowest BCUT2D eigenvalue weighted by Gasteiger charge is -2.51. The topological polar surface area (TPSA) is 29.5 Å². The number of hydrogen-bond acceptors (Lipinski definition) is 3. The number of methoxy groups -OCH3 is 1. The van der Waals surface area contributed by atoms with Gasteiger partial charge in [-0.2, -0.15) is 0 Å². The van der Waals surface area contributed by atoms with E-state index in [0.29, 0.717) is 16.9 Å². The van der Waals surface area contributed by atoms with Gasteiger partial charge in [0.2, 0.25) is 0 Å². The van der Waals surface area contributed by atoms with E-state index in [1.54, 1.807) is 30.1 Å². The highest BCUT2D eigenvalue weighted by atomic mass is 35.5. The van der Waals surface area contributed by atoms with Gasteiger partial charge in [-0.15, -0.1) is 11.3 Å². The minimum absolute atomic E-state index is 0.148. The number of phenols is 1. The van der Waals surface area contributed by atoms with Crippen LogP contribution in [0.4, 0.5) is 0 Å². The molecule has 0 unspecified atom stereocenters. The van der Waals surface area contributed by atoms with Crippen molar-refractivity contribution in [3.63, 3.8) is 0 Å². The second-order valence-electron chi connectivity index (χ2n) is 7.71. The first-order valence-electron chi connectivity index (χ1n) is 8.83. The quantitative estimate of drug-likeness (QED) is 0.658. The monoisotopic (exact) mass is 360 g/mol. The van der Waals surface area contributed by atoms with Crippen molar-refractivity contribution in [2.75, 3.05) is 7.11 Å². The van der Waals surface area contributed by atoms with Gasteiger partial charge in [0.15, 0.2) is 0 Å². The Kier molecular flexibility index (Phi) is 3.40. The molecule has 0 aliphatic heterocycles. The minimum Gasteiger partial charge on any atom is -0.506 e. The Morgan fingerprint density at radius 2 is 1.79 bits per heavy atom. The molecule has 126 valence electrons. The third kappa shape index (κ3) is 2.14. The predicted molar refractivity (Wildman–Crippen MR) is 99.5 cm³/mol. The number of benzene rings is 1. The van der Waals surface area contributed by atoms with Crippen molar-refractivity contribution in [3.05, 3.63) is 33.7 Å². The molecule has 0 atom stereocenters. The molecule has 0 spiro atoms. The Morgan fingerprint density at radius 1 is 1.12 bits per heavy atom. The molecule has 4 heteroatoms. The largest absolute Gasteiger partial charge is 0.506 e. The second-order valence-corrected chi connectivity index (χ2v) is 9.18. The molecule has 6 rings (SSSR count). The lowest BCUT2D eigenvalue weighted by atomic mass is 9.54. The molecular weight excluding hydrogens is 340 g/mol. The molecule has 2 aromatic rings. The van der Waals surface area contributed by atoms with Crippen LogP contribution in [0.2, 0.25) is 5.02 Å². The van der Waals surface area contributed by atoms with Crippen molar-refractivity contribution in [3.8, 4) is 5.75 Å². The molecule has 0 saturated heterocycles. The molecule has 4 aliphatic rings. The summed E-state index contributed by atoms with van der Waals surface area (Å²) in [5.74, 6) is 4.55. The fraction of sp³-hybridized carbons (Fsp3) is 0.500. The number of thiophene rings is 1. The summed E-state index contributed by atoms with van der Waals surface area (Å²) in [7, 11) is 1.80. The van der Waals surface area contributed by atoms with Crippen LogP contribution < -0.4 is 0 Å². The molecule has 1 N–H and O–H groups in total. The average Bonchev–Trinajstić information content (AvgIpc) is 2.98. The van der Waals surface area contributed by atoms with Crippen molar-refractivity contribution in [2.24, 2.45) is 23.7 Å². The van der Waals surface area contributed by atoms with Gasteiger partial charge in [0.1, 0.15) is 11.5 Å². The summed E-state index contributed by atoms with van der Waals surface area (Å²) in [5.41, 5.74) is 1.57. The zero-order chi connectivity index (χ0) is 16.4. The Bertz CT molecular complexity index is 821. The molecule has 4 bridgehead atoms. The zero-order valence-corrected chi connectivity index (χ0v) is 15.3. The van der Waals surface area contributed by atoms with Crippen LogP contribution in [0.1, 0.15) is 37.0 Å². The highest BCUT2D eigenvalue weighted by Crippen LogP contribution is 2.58. The Morgan fingerprint density at radius 3 is 2.42 bits per heavy atom. The Balaban J connectivity index is 1.65. The molecule has 2 nitrogen and oxygen atoms in total. The summed E-state index contributed by atoms with van der Waals surface area (Å²) in [5, 5.41) is 11.2. The molecule has 1 heterocycles. The van der Waals surface area contributed by atoms with E-state index in [0.717, 1.165) is 32.6 Å². The van der Waals surface area contributed by atoms with Crippen molar-refractivity contribution in [1.82, 2.24) is 0 Å². The van der Waals surface area contributed by atoms with Crippen molar-refractivity contribution in [2.45, 2.75) is 32.1 Å². The summed E-state index contributed by atoms with van der Waals surface area (Å²) in [6.07, 6.45) is 6.85. The van der Waals surface area contributed by atoms with Gasteiger partial charge >= 0.3 is 0 Å². The number of halogens is 1. The lowest BCUT2D eigenvalue weighted by Crippen LogP contribution is -2.40. The molecule has 1 aromatic carbocycles. The number of phenolic OH excluding ortho intramolecular Hbond substituents is 1. The van der Waals surface area contributed by atoms with Crippen LogP contribution in [0.5, 0.6) is 5.75 Å². The van der Waals surface area contributed by atoms with E-state index >= 15 is 0 Å². The summed E-state index contributed by atoms with van der Waals surface area (Å²) in [4.78, 5) is 1.16. The maximum Gasteiger partial charge on any atom is 0.135 e. The Labute approximate surface area is 151 Å². The van der Waals surface area contributed by atoms with Crippen LogP contribution >= 0.6 is 22.9 Å². The van der Waals surface area contributed by atoms with Gasteiger partial charge in [0.05, 0.1) is 17.0 Å². The molecule has 4 saturated carbocycles. The normalized spacial score (nSPS) is 31.0. The van der Waals surface area contributed by atoms with Crippen LogP contribution in [0.3, 0.4) is 0 Å². The SMILES string of the molecule is COC(=C1C2CC3CC(C2)CC1C3)c1cc2c(Cl)c(O)ccc2s1. The minimum atomic E-state index is 0.148. The van der Waals surface area contributed by atoms with Crippen LogP contribution in [0, 0.1) is 23.7 Å². The first-order chi connectivity index (χ1) is 11.6. The van der Waals surface area contributed by atoms with E-state index in [2.05, 4.69) is 6.07 Å². The van der Waals surface area contributed by atoms with E-state index < -0.39 is 0 Å². The number of ether oxygens (including phenoxy) is 1. The van der Waals surface area contributed by atoms with E-state index in [9.17, 15) is 5.11 Å². The van der Waals surface area contributed by atoms with E-state index in [-0.39, 0.29) is 5.75 Å². The van der Waals surface area contributed by atoms with Crippen LogP contribution in [-0.2, 0) is 4.74 Å². The number of hydrogen-bond donors (Lipinski definition) is 1. The number of aromatic hydroxyl groups is 1. The highest BCUT2D eigenvalue weighted by molar-refractivity contribution is 7.20. The molecule has 0 amide bonds. The molecule has 1 aromatic heterocycles. The standard InChI is InChI=1S/C20H21ClO2S/c1-23-20(17-9-14-16(24-17)3-2-15(22)19(14)21)18-12-5-10-4-11(7-12)8-13(18)6-10/h2-3,9-13,22H,4-8H2,1H3. The molecule has 24 heavy (non-hydrogen) atoms. The fourth-order valence-corrected chi connectivity index (χ4v) is 6.99. The van der Waals surface area contributed by atoms with Gasteiger partial charge in [-0.1, -0.05) is 11.6 Å². The lowest BCUT2D eigenvalue weighted by molar-refractivity contribution is 0.0676. The second kappa shape index (κ2) is 5.40. The maximum atomic E-state index is 9.87. The molecule has 4 fully saturated rings. The maximum absolute atomic E-state index is 9.87. The van der Waals surface area contributed by atoms with Gasteiger partial charge in [-0.25, -0.2) is 0 Å². The fourth-order valence-electron chi connectivity index (χ4n) is 5.60. The van der Waals surface area contributed by atoms with E-state index in [1.807, 2.05) is 6.07 Å². The van der Waals surface area contributed by atoms with E-state index in [1.165, 1.54) is 32.1 Å². The number of rotatable bonds is 2. The average molecular weight is 361 g/mol. The molecular formula is C20H21ClO2S. The van der Waals surface area contributed by atoms with Gasteiger partial charge in [-0.05, 0) is 79.5 Å². The summed E-state index contributed by atoms with van der Waals surface area (Å²) in [6, 6.07) is 5.71. The third-order valence-electron chi connectivity index (χ3n) is 6.32. The number of allylic oxidation sites excluding steroid dienone is 1. The highest BCUT2D eigenvalue weighted by Gasteiger charge is 2.46. The predicted octanol–water partition coefficient (Wildman–Crippen LogP) is 6.07. The number of fused-ring (bicyclic) bond motifs is 1. The van der Waals surface area contributed by atoms with Gasteiger partial charge in [0, 0.05) is 10.1 Å². The van der Waals surface area contributed by atoms with Crippen LogP contribution in [0.25, 0.3) is 15.8 Å². The molecule has 0 radical (unpaired) electrons. The zero-order valence-electron chi connectivity index (χ0n) is 13.7. The van der Waals surface area contributed by atoms with E-state index in [4.69, 9.17) is 16.3 Å². The van der Waals surface area contributed by atoms with Crippen molar-refractivity contribution < 1.29 is 9.84 Å². The smallest absolute Gasteiger partial charge is 0.135 e. The van der Waals surface area contributed by atoms with Gasteiger partial charge < -0.3 is 9.84 Å². The molecule has 4 aliphatic carbocycles. The van der Waals surface area contributed by atoms with Crippen molar-refractivity contribution in [1.29, 1.82) is 0 Å². The van der Waals surface area contributed by atoms with Crippen LogP contribution in [0.15, 0.2) is 23.8 Å². The van der Waals surface area contributed by atoms with Crippen LogP contribution in [-0.4, -0.2) is 12.2 Å². The van der Waals surface area contributed by atoms with Gasteiger partial charge in [0.25, 0.3) is 0 Å². The summed E-state index contributed by atoms with van der Waals surface area (Å²) in [6.45, 7) is 0. The van der Waals surface area contributed by atoms with Crippen molar-refractivity contribution >= 4 is 38.8 Å². The summed E-state index contributed by atoms with van der Waals surface area (Å²) >= 11 is 8.01. The Hall–Kier alpha value is -1.19. The van der Waals surface area contributed by atoms with Gasteiger partial charge in [-0.3, -0.25) is 0 Å². The summed E-state index contributed by atoms with van der Waals surface area (Å²) < 4.78 is 7.05.